The Hall–Kier alpha value is 0.646. The number of carboxylic acid groups (broad SMARTS) is 1. The van der Waals surface area contributed by atoms with Gasteiger partial charge in [-0.2, -0.15) is 0 Å². The number of hydrogen-bond donors (Lipinski definition) is 1. The summed E-state index contributed by atoms with van der Waals surface area (Å²) in [6.45, 7) is 12.7. The molecule has 0 aromatic heterocycles. The molecule has 0 spiro atoms. The van der Waals surface area contributed by atoms with Gasteiger partial charge in [-0.1, -0.05) is 0 Å². The van der Waals surface area contributed by atoms with Crippen molar-refractivity contribution < 1.29 is 66.4 Å². The molecule has 1 aromatic rings. The van der Waals surface area contributed by atoms with Gasteiger partial charge in [-0.3, -0.25) is 0 Å². The van der Waals surface area contributed by atoms with E-state index in [1.807, 2.05) is 0 Å². The zero-order valence-corrected chi connectivity index (χ0v) is 21.0. The summed E-state index contributed by atoms with van der Waals surface area (Å²) in [6.07, 6.45) is 1.90. The zero-order chi connectivity index (χ0) is 17.8. The predicted molar refractivity (Wildman–Crippen MR) is 94.2 cm³/mol. The Bertz CT molecular complexity index is 522. The number of aliphatic carboxylic acids is 1. The smallest absolute Gasteiger partial charge is 1.00 e. The van der Waals surface area contributed by atoms with E-state index in [9.17, 15) is 15.0 Å². The average molecular weight is 423 g/mol. The summed E-state index contributed by atoms with van der Waals surface area (Å²) in [7, 11) is 0. The standard InChI is InChI=1S/C19H30O3Se.K/c1-18(2,3)14-10-13(8-7-9-23-12-16(20)21)11-15(17(14)22)19(4,5)6;/h10-11,22H,7-9,12H2,1-6H3,(H,20,21);/q;+1/p-1. The van der Waals surface area contributed by atoms with E-state index in [1.165, 1.54) is 5.56 Å². The van der Waals surface area contributed by atoms with E-state index in [0.29, 0.717) is 5.75 Å². The Balaban J connectivity index is 0.00000529. The van der Waals surface area contributed by atoms with E-state index in [4.69, 9.17) is 0 Å². The number of aryl methyl sites for hydroxylation is 1. The molecule has 1 aromatic carbocycles. The van der Waals surface area contributed by atoms with Crippen LogP contribution in [0.4, 0.5) is 0 Å². The number of benzene rings is 1. The van der Waals surface area contributed by atoms with Crippen molar-refractivity contribution >= 4 is 20.9 Å². The molecule has 0 aliphatic rings. The second kappa shape index (κ2) is 10.1. The van der Waals surface area contributed by atoms with Crippen molar-refractivity contribution in [2.24, 2.45) is 0 Å². The quantitative estimate of drug-likeness (QED) is 0.526. The zero-order valence-electron chi connectivity index (χ0n) is 16.2. The van der Waals surface area contributed by atoms with Gasteiger partial charge in [0.2, 0.25) is 0 Å². The van der Waals surface area contributed by atoms with E-state index in [-0.39, 0.29) is 82.5 Å². The molecule has 0 bridgehead atoms. The second-order valence-corrected chi connectivity index (χ2v) is 10.4. The Labute approximate surface area is 195 Å². The molecule has 0 saturated carbocycles. The molecule has 130 valence electrons. The SMILES string of the molecule is CC(C)(C)c1cc(CCC[Se]CC(=O)[O-])cc(C(C)(C)C)c1O.[K+]. The summed E-state index contributed by atoms with van der Waals surface area (Å²) in [5, 5.41) is 22.3. The van der Waals surface area contributed by atoms with Crippen molar-refractivity contribution in [1.29, 1.82) is 0 Å². The van der Waals surface area contributed by atoms with Crippen LogP contribution in [0, 0.1) is 0 Å². The fourth-order valence-corrected chi connectivity index (χ4v) is 3.90. The van der Waals surface area contributed by atoms with Gasteiger partial charge in [0.05, 0.1) is 0 Å². The van der Waals surface area contributed by atoms with E-state index < -0.39 is 5.97 Å². The van der Waals surface area contributed by atoms with Crippen molar-refractivity contribution in [3.05, 3.63) is 28.8 Å². The molecule has 0 unspecified atom stereocenters. The maximum atomic E-state index is 10.7. The summed E-state index contributed by atoms with van der Waals surface area (Å²) in [5.41, 5.74) is 2.97. The molecule has 0 heterocycles. The van der Waals surface area contributed by atoms with Gasteiger partial charge in [0.1, 0.15) is 0 Å². The molecule has 24 heavy (non-hydrogen) atoms. The maximum Gasteiger partial charge on any atom is 1.00 e. The van der Waals surface area contributed by atoms with Gasteiger partial charge in [-0.15, -0.1) is 0 Å². The molecule has 0 atom stereocenters. The largest absolute Gasteiger partial charge is 1.00 e. The van der Waals surface area contributed by atoms with Crippen LogP contribution in [0.15, 0.2) is 12.1 Å². The molecule has 0 fully saturated rings. The third-order valence-corrected chi connectivity index (χ3v) is 5.89. The maximum absolute atomic E-state index is 10.7. The van der Waals surface area contributed by atoms with Crippen LogP contribution >= 0.6 is 0 Å². The van der Waals surface area contributed by atoms with Gasteiger partial charge in [0.15, 0.2) is 0 Å². The fraction of sp³-hybridized carbons (Fsp3) is 0.632. The third-order valence-electron chi connectivity index (χ3n) is 3.76. The molecule has 0 aliphatic carbocycles. The Morgan fingerprint density at radius 2 is 1.54 bits per heavy atom. The number of hydrogen-bond acceptors (Lipinski definition) is 3. The number of rotatable bonds is 6. The monoisotopic (exact) mass is 424 g/mol. The molecular formula is C19H29KO3Se. The predicted octanol–water partition coefficient (Wildman–Crippen LogP) is 0.215. The number of carbonyl (C=O) groups excluding carboxylic acids is 1. The first kappa shape index (κ1) is 24.6. The molecule has 3 nitrogen and oxygen atoms in total. The van der Waals surface area contributed by atoms with Crippen molar-refractivity contribution in [3.8, 4) is 5.75 Å². The number of aromatic hydroxyl groups is 1. The van der Waals surface area contributed by atoms with E-state index in [2.05, 4.69) is 53.7 Å². The topological polar surface area (TPSA) is 60.4 Å². The van der Waals surface area contributed by atoms with Crippen LogP contribution in [0.1, 0.15) is 64.7 Å². The average Bonchev–Trinajstić information content (AvgIpc) is 2.36. The Morgan fingerprint density at radius 3 is 1.92 bits per heavy atom. The number of phenols is 1. The number of carbonyl (C=O) groups is 1. The summed E-state index contributed by atoms with van der Waals surface area (Å²) >= 11 is 0.121. The van der Waals surface area contributed by atoms with Crippen molar-refractivity contribution in [2.45, 2.75) is 75.9 Å². The minimum absolute atomic E-state index is 0. The first-order valence-corrected chi connectivity index (χ1v) is 10.5. The molecule has 5 heteroatoms. The van der Waals surface area contributed by atoms with Crippen LogP contribution in [0.2, 0.25) is 10.6 Å². The normalized spacial score (nSPS) is 11.9. The van der Waals surface area contributed by atoms with Crippen LogP contribution < -0.4 is 56.5 Å². The van der Waals surface area contributed by atoms with Crippen molar-refractivity contribution in [3.63, 3.8) is 0 Å². The molecule has 0 aliphatic heterocycles. The second-order valence-electron chi connectivity index (χ2n) is 8.07. The van der Waals surface area contributed by atoms with Gasteiger partial charge in [-0.05, 0) is 0 Å². The van der Waals surface area contributed by atoms with Crippen molar-refractivity contribution in [1.82, 2.24) is 0 Å². The van der Waals surface area contributed by atoms with Crippen LogP contribution in [-0.4, -0.2) is 26.0 Å². The van der Waals surface area contributed by atoms with Crippen LogP contribution in [0.5, 0.6) is 5.75 Å². The minimum atomic E-state index is -0.945. The first-order valence-electron chi connectivity index (χ1n) is 8.07. The van der Waals surface area contributed by atoms with Gasteiger partial charge >= 0.3 is 198 Å². The summed E-state index contributed by atoms with van der Waals surface area (Å²) < 4.78 is 0. The van der Waals surface area contributed by atoms with Gasteiger partial charge in [0, 0.05) is 0 Å². The Morgan fingerprint density at radius 1 is 1.08 bits per heavy atom. The van der Waals surface area contributed by atoms with Crippen LogP contribution in [0.25, 0.3) is 0 Å². The minimum Gasteiger partial charge on any atom is 1.00 e. The molecule has 0 amide bonds. The molecule has 0 saturated heterocycles. The molecule has 0 radical (unpaired) electrons. The third kappa shape index (κ3) is 7.90. The summed E-state index contributed by atoms with van der Waals surface area (Å²) in [6, 6.07) is 4.21. The number of carboxylic acids is 1. The van der Waals surface area contributed by atoms with Crippen LogP contribution in [0.3, 0.4) is 0 Å². The summed E-state index contributed by atoms with van der Waals surface area (Å²) in [5.74, 6) is -0.533. The fourth-order valence-electron chi connectivity index (χ4n) is 2.52. The van der Waals surface area contributed by atoms with E-state index in [1.54, 1.807) is 0 Å². The Kier molecular flexibility index (Phi) is 10.4. The van der Waals surface area contributed by atoms with Crippen molar-refractivity contribution in [2.75, 3.05) is 0 Å². The molecular weight excluding hydrogens is 394 g/mol. The van der Waals surface area contributed by atoms with Gasteiger partial charge in [-0.25, -0.2) is 0 Å². The van der Waals surface area contributed by atoms with E-state index in [0.717, 1.165) is 29.3 Å². The van der Waals surface area contributed by atoms with Gasteiger partial charge < -0.3 is 0 Å². The van der Waals surface area contributed by atoms with Gasteiger partial charge in [0.25, 0.3) is 0 Å². The van der Waals surface area contributed by atoms with Crippen LogP contribution in [-0.2, 0) is 22.0 Å². The number of phenolic OH excluding ortho intramolecular Hbond substituents is 1. The van der Waals surface area contributed by atoms with E-state index >= 15 is 0 Å². The molecule has 1 N–H and O–H groups in total. The first-order chi connectivity index (χ1) is 10.4. The molecule has 1 rings (SSSR count). The summed E-state index contributed by atoms with van der Waals surface area (Å²) in [4.78, 5) is 10.5.